The third-order valence-electron chi connectivity index (χ3n) is 3.86. The molecule has 1 aliphatic carbocycles. The van der Waals surface area contributed by atoms with Crippen molar-refractivity contribution < 1.29 is 9.53 Å². The van der Waals surface area contributed by atoms with Crippen molar-refractivity contribution in [3.63, 3.8) is 0 Å². The summed E-state index contributed by atoms with van der Waals surface area (Å²) in [6, 6.07) is 7.43. The fraction of sp³-hybridized carbons (Fsp3) is 0.533. The van der Waals surface area contributed by atoms with Crippen molar-refractivity contribution in [2.75, 3.05) is 13.7 Å². The molecule has 0 radical (unpaired) electrons. The molecule has 2 rings (SSSR count). The van der Waals surface area contributed by atoms with Gasteiger partial charge in [-0.2, -0.15) is 0 Å². The molecule has 2 unspecified atom stereocenters. The zero-order chi connectivity index (χ0) is 13.7. The molecule has 0 saturated heterocycles. The summed E-state index contributed by atoms with van der Waals surface area (Å²) < 4.78 is 5.14. The summed E-state index contributed by atoms with van der Waals surface area (Å²) in [6.45, 7) is 0.642. The van der Waals surface area contributed by atoms with E-state index >= 15 is 0 Å². The van der Waals surface area contributed by atoms with Gasteiger partial charge in [-0.25, -0.2) is 0 Å². The van der Waals surface area contributed by atoms with E-state index in [0.717, 1.165) is 12.8 Å². The predicted octanol–water partition coefficient (Wildman–Crippen LogP) is 2.36. The first kappa shape index (κ1) is 16.8. The van der Waals surface area contributed by atoms with Gasteiger partial charge >= 0.3 is 0 Å². The summed E-state index contributed by atoms with van der Waals surface area (Å²) in [5, 5.41) is 3.11. The van der Waals surface area contributed by atoms with E-state index in [1.54, 1.807) is 19.2 Å². The summed E-state index contributed by atoms with van der Waals surface area (Å²) in [4.78, 5) is 12.2. The SMILES string of the molecule is COc1cccc(C(=O)NC2CCCCC2CN)c1.Cl. The Morgan fingerprint density at radius 3 is 2.85 bits per heavy atom. The number of rotatable bonds is 4. The zero-order valence-electron chi connectivity index (χ0n) is 11.8. The van der Waals surface area contributed by atoms with Crippen LogP contribution in [0.4, 0.5) is 0 Å². The van der Waals surface area contributed by atoms with Crippen molar-refractivity contribution in [3.8, 4) is 5.75 Å². The summed E-state index contributed by atoms with van der Waals surface area (Å²) in [6.07, 6.45) is 4.52. The Morgan fingerprint density at radius 2 is 2.15 bits per heavy atom. The Bertz CT molecular complexity index is 440. The highest BCUT2D eigenvalue weighted by Crippen LogP contribution is 2.24. The molecule has 0 aliphatic heterocycles. The van der Waals surface area contributed by atoms with E-state index in [-0.39, 0.29) is 24.4 Å². The van der Waals surface area contributed by atoms with Crippen molar-refractivity contribution >= 4 is 18.3 Å². The van der Waals surface area contributed by atoms with Crippen LogP contribution in [0, 0.1) is 5.92 Å². The number of methoxy groups -OCH3 is 1. The van der Waals surface area contributed by atoms with Crippen LogP contribution in [0.5, 0.6) is 5.75 Å². The maximum absolute atomic E-state index is 12.2. The standard InChI is InChI=1S/C15H22N2O2.ClH/c1-19-13-7-4-6-11(9-13)15(18)17-14-8-3-2-5-12(14)10-16;/h4,6-7,9,12,14H,2-3,5,8,10,16H2,1H3,(H,17,18);1H. The summed E-state index contributed by atoms with van der Waals surface area (Å²) in [5.74, 6) is 1.07. The second kappa shape index (κ2) is 8.12. The largest absolute Gasteiger partial charge is 0.497 e. The fourth-order valence-corrected chi connectivity index (χ4v) is 2.70. The van der Waals surface area contributed by atoms with Crippen LogP contribution in [0.2, 0.25) is 0 Å². The Labute approximate surface area is 126 Å². The van der Waals surface area contributed by atoms with Gasteiger partial charge in [0.2, 0.25) is 0 Å². The lowest BCUT2D eigenvalue weighted by molar-refractivity contribution is 0.0907. The minimum atomic E-state index is -0.0377. The second-order valence-electron chi connectivity index (χ2n) is 5.09. The van der Waals surface area contributed by atoms with Crippen LogP contribution in [-0.4, -0.2) is 25.6 Å². The van der Waals surface area contributed by atoms with Crippen molar-refractivity contribution in [3.05, 3.63) is 29.8 Å². The van der Waals surface area contributed by atoms with Gasteiger partial charge in [0, 0.05) is 11.6 Å². The smallest absolute Gasteiger partial charge is 0.251 e. The number of ether oxygens (including phenoxy) is 1. The van der Waals surface area contributed by atoms with E-state index in [1.807, 2.05) is 12.1 Å². The molecule has 112 valence electrons. The number of nitrogens with two attached hydrogens (primary N) is 1. The number of hydrogen-bond donors (Lipinski definition) is 2. The average Bonchev–Trinajstić information content (AvgIpc) is 2.47. The topological polar surface area (TPSA) is 64.3 Å². The Kier molecular flexibility index (Phi) is 6.82. The molecule has 0 heterocycles. The fourth-order valence-electron chi connectivity index (χ4n) is 2.70. The molecule has 2 atom stereocenters. The van der Waals surface area contributed by atoms with Crippen LogP contribution >= 0.6 is 12.4 Å². The zero-order valence-corrected chi connectivity index (χ0v) is 12.6. The number of carbonyl (C=O) groups is 1. The lowest BCUT2D eigenvalue weighted by atomic mass is 9.84. The predicted molar refractivity (Wildman–Crippen MR) is 82.5 cm³/mol. The molecule has 0 spiro atoms. The molecule has 4 nitrogen and oxygen atoms in total. The lowest BCUT2D eigenvalue weighted by Gasteiger charge is -2.31. The van der Waals surface area contributed by atoms with E-state index in [9.17, 15) is 4.79 Å². The summed E-state index contributed by atoms with van der Waals surface area (Å²) in [5.41, 5.74) is 6.42. The van der Waals surface area contributed by atoms with Crippen LogP contribution in [-0.2, 0) is 0 Å². The van der Waals surface area contributed by atoms with Crippen LogP contribution in [0.1, 0.15) is 36.0 Å². The normalized spacial score (nSPS) is 21.7. The number of halogens is 1. The highest BCUT2D eigenvalue weighted by atomic mass is 35.5. The third kappa shape index (κ3) is 4.12. The average molecular weight is 299 g/mol. The van der Waals surface area contributed by atoms with Crippen molar-refractivity contribution in [2.24, 2.45) is 11.7 Å². The van der Waals surface area contributed by atoms with Gasteiger partial charge in [0.25, 0.3) is 5.91 Å². The number of hydrogen-bond acceptors (Lipinski definition) is 3. The Hall–Kier alpha value is -1.26. The quantitative estimate of drug-likeness (QED) is 0.897. The first-order valence-corrected chi connectivity index (χ1v) is 6.89. The van der Waals surface area contributed by atoms with Crippen molar-refractivity contribution in [1.29, 1.82) is 0 Å². The molecular weight excluding hydrogens is 276 g/mol. The van der Waals surface area contributed by atoms with Crippen LogP contribution < -0.4 is 15.8 Å². The van der Waals surface area contributed by atoms with Gasteiger partial charge in [0.15, 0.2) is 0 Å². The molecule has 0 bridgehead atoms. The molecule has 1 aromatic rings. The van der Waals surface area contributed by atoms with Crippen LogP contribution in [0.15, 0.2) is 24.3 Å². The van der Waals surface area contributed by atoms with Crippen LogP contribution in [0.25, 0.3) is 0 Å². The molecule has 1 saturated carbocycles. The van der Waals surface area contributed by atoms with Crippen molar-refractivity contribution in [1.82, 2.24) is 5.32 Å². The molecule has 0 aromatic heterocycles. The number of nitrogens with one attached hydrogen (secondary N) is 1. The summed E-state index contributed by atoms with van der Waals surface area (Å²) >= 11 is 0. The molecule has 1 aromatic carbocycles. The van der Waals surface area contributed by atoms with Gasteiger partial charge in [0.05, 0.1) is 7.11 Å². The van der Waals surface area contributed by atoms with Crippen LogP contribution in [0.3, 0.4) is 0 Å². The Morgan fingerprint density at radius 1 is 1.40 bits per heavy atom. The van der Waals surface area contributed by atoms with Gasteiger partial charge in [-0.15, -0.1) is 12.4 Å². The van der Waals surface area contributed by atoms with Gasteiger partial charge in [-0.05, 0) is 43.5 Å². The lowest BCUT2D eigenvalue weighted by Crippen LogP contribution is -2.44. The second-order valence-corrected chi connectivity index (χ2v) is 5.09. The molecule has 1 amide bonds. The van der Waals surface area contributed by atoms with E-state index in [2.05, 4.69) is 5.32 Å². The minimum Gasteiger partial charge on any atom is -0.497 e. The Balaban J connectivity index is 0.00000200. The maximum Gasteiger partial charge on any atom is 0.251 e. The number of benzene rings is 1. The molecule has 1 aliphatic rings. The van der Waals surface area contributed by atoms with E-state index in [4.69, 9.17) is 10.5 Å². The number of carbonyl (C=O) groups excluding carboxylic acids is 1. The molecule has 1 fully saturated rings. The molecule has 3 N–H and O–H groups in total. The first-order valence-electron chi connectivity index (χ1n) is 6.89. The molecular formula is C15H23ClN2O2. The van der Waals surface area contributed by atoms with E-state index < -0.39 is 0 Å². The highest BCUT2D eigenvalue weighted by Gasteiger charge is 2.25. The van der Waals surface area contributed by atoms with E-state index in [1.165, 1.54) is 12.8 Å². The van der Waals surface area contributed by atoms with Gasteiger partial charge in [-0.1, -0.05) is 18.9 Å². The van der Waals surface area contributed by atoms with E-state index in [0.29, 0.717) is 23.8 Å². The van der Waals surface area contributed by atoms with Gasteiger partial charge < -0.3 is 15.8 Å². The summed E-state index contributed by atoms with van der Waals surface area (Å²) in [7, 11) is 1.60. The highest BCUT2D eigenvalue weighted by molar-refractivity contribution is 5.94. The van der Waals surface area contributed by atoms with Gasteiger partial charge in [-0.3, -0.25) is 4.79 Å². The van der Waals surface area contributed by atoms with Crippen molar-refractivity contribution in [2.45, 2.75) is 31.7 Å². The number of amides is 1. The first-order chi connectivity index (χ1) is 9.24. The maximum atomic E-state index is 12.2. The molecule has 20 heavy (non-hydrogen) atoms. The third-order valence-corrected chi connectivity index (χ3v) is 3.86. The molecule has 5 heteroatoms. The van der Waals surface area contributed by atoms with Gasteiger partial charge in [0.1, 0.15) is 5.75 Å². The monoisotopic (exact) mass is 298 g/mol. The minimum absolute atomic E-state index is 0.